The van der Waals surface area contributed by atoms with Crippen LogP contribution in [0.25, 0.3) is 0 Å². The Morgan fingerprint density at radius 2 is 1.33 bits per heavy atom. The Morgan fingerprint density at radius 3 is 1.61 bits per heavy atom. The van der Waals surface area contributed by atoms with Crippen molar-refractivity contribution in [2.24, 2.45) is 0 Å². The van der Waals surface area contributed by atoms with Crippen LogP contribution in [-0.2, 0) is 22.2 Å². The number of hydrogen-bond acceptors (Lipinski definition) is 4. The molecule has 0 aromatic heterocycles. The van der Waals surface area contributed by atoms with Gasteiger partial charge in [0.05, 0.1) is 0 Å². The number of nitrogens with zero attached hydrogens (tertiary/aromatic N) is 1. The third kappa shape index (κ3) is 10.2. The summed E-state index contributed by atoms with van der Waals surface area (Å²) in [5.74, 6) is -1.60. The monoisotopic (exact) mass is 292 g/mol. The van der Waals surface area contributed by atoms with Gasteiger partial charge in [0.25, 0.3) is 0 Å². The Hall–Kier alpha value is -0.950. The molecule has 0 atom stereocenters. The number of unbranched alkanes of at least 4 members (excludes halogenated alkanes) is 2. The minimum absolute atomic E-state index is 0.150. The molecular formula is C11H18NO4S2-. The number of carbonyl (C=O) groups is 2. The third-order valence-corrected chi connectivity index (χ3v) is 2.91. The fourth-order valence-corrected chi connectivity index (χ4v) is 1.82. The van der Waals surface area contributed by atoms with Crippen LogP contribution in [0.4, 0.5) is 0 Å². The molecule has 104 valence electrons. The first kappa shape index (κ1) is 17.1. The summed E-state index contributed by atoms with van der Waals surface area (Å²) in [4.78, 5) is 22.5. The van der Waals surface area contributed by atoms with Crippen molar-refractivity contribution in [3.05, 3.63) is 0 Å². The van der Waals surface area contributed by atoms with E-state index in [0.29, 0.717) is 30.3 Å². The van der Waals surface area contributed by atoms with Crippen molar-refractivity contribution in [2.45, 2.75) is 38.5 Å². The molecule has 0 bridgehead atoms. The lowest BCUT2D eigenvalue weighted by atomic mass is 10.2. The van der Waals surface area contributed by atoms with Gasteiger partial charge in [0.15, 0.2) is 0 Å². The highest BCUT2D eigenvalue weighted by molar-refractivity contribution is 8.00. The van der Waals surface area contributed by atoms with Gasteiger partial charge in [-0.15, -0.1) is 0 Å². The van der Waals surface area contributed by atoms with Crippen molar-refractivity contribution in [2.75, 3.05) is 13.1 Å². The summed E-state index contributed by atoms with van der Waals surface area (Å²) in [5, 5.41) is 17.0. The van der Waals surface area contributed by atoms with Gasteiger partial charge in [0.1, 0.15) is 0 Å². The molecule has 0 aromatic rings. The second-order valence-electron chi connectivity index (χ2n) is 3.95. The van der Waals surface area contributed by atoms with Crippen LogP contribution in [0, 0.1) is 0 Å². The smallest absolute Gasteiger partial charge is 0.303 e. The normalized spacial score (nSPS) is 10.0. The largest absolute Gasteiger partial charge is 0.481 e. The predicted molar refractivity (Wildman–Crippen MR) is 74.5 cm³/mol. The molecular weight excluding hydrogens is 274 g/mol. The Morgan fingerprint density at radius 1 is 0.944 bits per heavy atom. The lowest BCUT2D eigenvalue weighted by molar-refractivity contribution is -0.138. The average Bonchev–Trinajstić information content (AvgIpc) is 2.25. The summed E-state index contributed by atoms with van der Waals surface area (Å²) in [7, 11) is 0. The van der Waals surface area contributed by atoms with E-state index in [0.717, 1.165) is 12.8 Å². The summed E-state index contributed by atoms with van der Waals surface area (Å²) in [6.45, 7) is 1.28. The molecule has 0 unspecified atom stereocenters. The highest BCUT2D eigenvalue weighted by Gasteiger charge is 2.03. The number of aliphatic carboxylic acids is 2. The van der Waals surface area contributed by atoms with Crippen LogP contribution in [0.2, 0.25) is 0 Å². The van der Waals surface area contributed by atoms with Gasteiger partial charge in [0, 0.05) is 25.9 Å². The number of rotatable bonds is 10. The van der Waals surface area contributed by atoms with Crippen LogP contribution in [0.5, 0.6) is 0 Å². The van der Waals surface area contributed by atoms with E-state index >= 15 is 0 Å². The molecule has 0 aliphatic heterocycles. The molecule has 0 radical (unpaired) electrons. The first-order valence-electron chi connectivity index (χ1n) is 5.83. The van der Waals surface area contributed by atoms with Crippen molar-refractivity contribution in [1.29, 1.82) is 0 Å². The molecule has 0 amide bonds. The van der Waals surface area contributed by atoms with E-state index in [-0.39, 0.29) is 12.8 Å². The van der Waals surface area contributed by atoms with Crippen LogP contribution >= 0.6 is 12.2 Å². The molecule has 0 rings (SSSR count). The molecule has 0 heterocycles. The van der Waals surface area contributed by atoms with Crippen molar-refractivity contribution < 1.29 is 19.8 Å². The Balaban J connectivity index is 3.75. The van der Waals surface area contributed by atoms with E-state index in [1.54, 1.807) is 0 Å². The maximum atomic E-state index is 10.3. The first-order valence-corrected chi connectivity index (χ1v) is 6.64. The van der Waals surface area contributed by atoms with Crippen LogP contribution in [0.3, 0.4) is 0 Å². The Bertz CT molecular complexity index is 275. The summed E-state index contributed by atoms with van der Waals surface area (Å²) < 4.78 is 0.362. The standard InChI is InChI=1S/C11H19NO4S2/c13-9(14)5-1-3-7-12(11(17)18)8-4-2-6-10(15)16/h1-8H2,(H,13,14)(H,15,16)(H,17,18)/p-1. The molecule has 0 aliphatic carbocycles. The molecule has 0 aliphatic rings. The summed E-state index contributed by atoms with van der Waals surface area (Å²) in [6.07, 6.45) is 2.94. The number of hydrogen-bond donors (Lipinski definition) is 2. The minimum atomic E-state index is -0.802. The van der Waals surface area contributed by atoms with Crippen molar-refractivity contribution in [3.63, 3.8) is 0 Å². The van der Waals surface area contributed by atoms with E-state index in [1.165, 1.54) is 0 Å². The van der Waals surface area contributed by atoms with E-state index in [9.17, 15) is 9.59 Å². The van der Waals surface area contributed by atoms with Crippen LogP contribution in [-0.4, -0.2) is 44.5 Å². The number of carboxylic acids is 2. The Labute approximate surface area is 118 Å². The molecule has 0 spiro atoms. The van der Waals surface area contributed by atoms with Gasteiger partial charge < -0.3 is 40.0 Å². The Kier molecular flexibility index (Phi) is 9.49. The molecule has 0 saturated heterocycles. The zero-order valence-corrected chi connectivity index (χ0v) is 11.8. The molecule has 0 fully saturated rings. The molecule has 7 heteroatoms. The molecule has 18 heavy (non-hydrogen) atoms. The van der Waals surface area contributed by atoms with Gasteiger partial charge in [0.2, 0.25) is 0 Å². The summed E-state index contributed by atoms with van der Waals surface area (Å²) >= 11 is 9.85. The fourth-order valence-electron chi connectivity index (χ4n) is 1.45. The lowest BCUT2D eigenvalue weighted by Gasteiger charge is -2.28. The van der Waals surface area contributed by atoms with Gasteiger partial charge in [-0.25, -0.2) is 0 Å². The maximum absolute atomic E-state index is 10.3. The zero-order chi connectivity index (χ0) is 14.0. The van der Waals surface area contributed by atoms with Gasteiger partial charge in [-0.2, -0.15) is 0 Å². The predicted octanol–water partition coefficient (Wildman–Crippen LogP) is 1.63. The highest BCUT2D eigenvalue weighted by Crippen LogP contribution is 2.04. The SMILES string of the molecule is O=C(O)CCCCN(CCCCC(=O)O)C(=S)[S-]. The molecule has 2 N–H and O–H groups in total. The van der Waals surface area contributed by atoms with Crippen LogP contribution in [0.1, 0.15) is 38.5 Å². The van der Waals surface area contributed by atoms with Crippen molar-refractivity contribution in [3.8, 4) is 0 Å². The van der Waals surface area contributed by atoms with E-state index in [2.05, 4.69) is 0 Å². The summed E-state index contributed by atoms with van der Waals surface area (Å²) in [5.41, 5.74) is 0. The third-order valence-electron chi connectivity index (χ3n) is 2.40. The van der Waals surface area contributed by atoms with E-state index in [1.807, 2.05) is 4.90 Å². The van der Waals surface area contributed by atoms with Gasteiger partial charge in [-0.1, -0.05) is 4.32 Å². The minimum Gasteiger partial charge on any atom is -0.481 e. The fraction of sp³-hybridized carbons (Fsp3) is 0.727. The highest BCUT2D eigenvalue weighted by atomic mass is 32.1. The van der Waals surface area contributed by atoms with Crippen LogP contribution < -0.4 is 0 Å². The van der Waals surface area contributed by atoms with E-state index < -0.39 is 11.9 Å². The van der Waals surface area contributed by atoms with Crippen molar-refractivity contribution >= 4 is 41.1 Å². The number of thiocarbonyl (C=S) groups is 1. The van der Waals surface area contributed by atoms with Gasteiger partial charge in [-0.3, -0.25) is 9.59 Å². The average molecular weight is 292 g/mol. The van der Waals surface area contributed by atoms with Gasteiger partial charge >= 0.3 is 11.9 Å². The molecule has 0 saturated carbocycles. The van der Waals surface area contributed by atoms with Crippen molar-refractivity contribution in [1.82, 2.24) is 4.90 Å². The molecule has 5 nitrogen and oxygen atoms in total. The number of carboxylic acid groups (broad SMARTS) is 2. The molecule has 0 aromatic carbocycles. The second kappa shape index (κ2) is 10.0. The van der Waals surface area contributed by atoms with E-state index in [4.69, 9.17) is 35.1 Å². The maximum Gasteiger partial charge on any atom is 0.303 e. The summed E-state index contributed by atoms with van der Waals surface area (Å²) in [6, 6.07) is 0. The lowest BCUT2D eigenvalue weighted by Crippen LogP contribution is -2.30. The quantitative estimate of drug-likeness (QED) is 0.360. The topological polar surface area (TPSA) is 77.8 Å². The van der Waals surface area contributed by atoms with Crippen LogP contribution in [0.15, 0.2) is 0 Å². The zero-order valence-electron chi connectivity index (χ0n) is 10.1. The second-order valence-corrected chi connectivity index (χ2v) is 4.99. The first-order chi connectivity index (χ1) is 8.43. The van der Waals surface area contributed by atoms with Gasteiger partial charge in [-0.05, 0) is 25.7 Å².